The lowest BCUT2D eigenvalue weighted by Crippen LogP contribution is -2.31. The number of hydrogen-bond acceptors (Lipinski definition) is 5. The Morgan fingerprint density at radius 2 is 2.15 bits per heavy atom. The summed E-state index contributed by atoms with van der Waals surface area (Å²) in [5, 5.41) is 8.95. The minimum absolute atomic E-state index is 0.113. The molecule has 2 aromatic heterocycles. The Hall–Kier alpha value is -3.34. The topological polar surface area (TPSA) is 106 Å². The molecule has 0 bridgehead atoms. The van der Waals surface area contributed by atoms with E-state index < -0.39 is 11.2 Å². The van der Waals surface area contributed by atoms with Crippen LogP contribution in [-0.2, 0) is 20.2 Å². The number of nitrogens with zero attached hydrogens (tertiary/aromatic N) is 4. The molecule has 8 nitrogen and oxygen atoms in total. The van der Waals surface area contributed by atoms with E-state index in [4.69, 9.17) is 10.00 Å². The first-order valence-corrected chi connectivity index (χ1v) is 8.36. The van der Waals surface area contributed by atoms with Crippen molar-refractivity contribution in [3.63, 3.8) is 0 Å². The van der Waals surface area contributed by atoms with Gasteiger partial charge in [0.2, 0.25) is 0 Å². The Balaban J connectivity index is 1.98. The van der Waals surface area contributed by atoms with Gasteiger partial charge in [-0.1, -0.05) is 19.4 Å². The molecule has 2 heterocycles. The van der Waals surface area contributed by atoms with Crippen LogP contribution in [0.4, 0.5) is 0 Å². The molecule has 134 valence electrons. The Kier molecular flexibility index (Phi) is 4.89. The number of benzene rings is 1. The van der Waals surface area contributed by atoms with Gasteiger partial charge in [0.15, 0.2) is 11.2 Å². The number of fused-ring (bicyclic) bond motifs is 1. The summed E-state index contributed by atoms with van der Waals surface area (Å²) in [6.45, 7) is 2.63. The standard InChI is InChI=1S/C18H19N5O3/c1-3-4-8-23-16-15(17(24)21-18(23)25)22(2)14(20-16)11-26-13-7-5-6-12(9-13)10-19/h5-7,9H,3-4,8,11H2,1-2H3,(H,21,24,25). The van der Waals surface area contributed by atoms with Crippen LogP contribution in [0.2, 0.25) is 0 Å². The van der Waals surface area contributed by atoms with Gasteiger partial charge in [-0.3, -0.25) is 14.3 Å². The number of aromatic amines is 1. The summed E-state index contributed by atoms with van der Waals surface area (Å²) in [7, 11) is 1.71. The van der Waals surface area contributed by atoms with Crippen molar-refractivity contribution in [2.75, 3.05) is 0 Å². The molecule has 0 amide bonds. The number of unbranched alkanes of at least 4 members (excludes halogenated alkanes) is 1. The molecule has 0 aliphatic carbocycles. The second-order valence-electron chi connectivity index (χ2n) is 5.95. The maximum absolute atomic E-state index is 12.2. The predicted octanol–water partition coefficient (Wildman–Crippen LogP) is 1.67. The van der Waals surface area contributed by atoms with Crippen LogP contribution in [0, 0.1) is 11.3 Å². The van der Waals surface area contributed by atoms with E-state index in [2.05, 4.69) is 16.0 Å². The summed E-state index contributed by atoms with van der Waals surface area (Å²) in [4.78, 5) is 31.1. The first-order chi connectivity index (χ1) is 12.5. The summed E-state index contributed by atoms with van der Waals surface area (Å²) < 4.78 is 8.82. The van der Waals surface area contributed by atoms with E-state index >= 15 is 0 Å². The van der Waals surface area contributed by atoms with E-state index in [0.29, 0.717) is 34.8 Å². The molecule has 1 aromatic carbocycles. The zero-order valence-corrected chi connectivity index (χ0v) is 14.7. The number of nitriles is 1. The number of nitrogens with one attached hydrogen (secondary N) is 1. The highest BCUT2D eigenvalue weighted by atomic mass is 16.5. The predicted molar refractivity (Wildman–Crippen MR) is 96.0 cm³/mol. The lowest BCUT2D eigenvalue weighted by atomic mass is 10.2. The molecule has 0 aliphatic rings. The molecule has 0 atom stereocenters. The second-order valence-corrected chi connectivity index (χ2v) is 5.95. The van der Waals surface area contributed by atoms with Crippen molar-refractivity contribution in [1.29, 1.82) is 5.26 Å². The van der Waals surface area contributed by atoms with Crippen LogP contribution in [0.15, 0.2) is 33.9 Å². The van der Waals surface area contributed by atoms with Gasteiger partial charge in [0.25, 0.3) is 5.56 Å². The first-order valence-electron chi connectivity index (χ1n) is 8.36. The SMILES string of the molecule is CCCCn1c(=O)[nH]c(=O)c2c1nc(COc1cccc(C#N)c1)n2C. The number of H-pyrrole nitrogens is 1. The molecule has 0 saturated carbocycles. The van der Waals surface area contributed by atoms with Crippen LogP contribution in [0.25, 0.3) is 11.2 Å². The molecule has 0 radical (unpaired) electrons. The van der Waals surface area contributed by atoms with Crippen LogP contribution in [0.3, 0.4) is 0 Å². The maximum atomic E-state index is 12.2. The van der Waals surface area contributed by atoms with Crippen LogP contribution in [0.5, 0.6) is 5.75 Å². The van der Waals surface area contributed by atoms with Crippen LogP contribution in [-0.4, -0.2) is 19.1 Å². The van der Waals surface area contributed by atoms with Crippen molar-refractivity contribution >= 4 is 11.2 Å². The lowest BCUT2D eigenvalue weighted by molar-refractivity contribution is 0.292. The van der Waals surface area contributed by atoms with Gasteiger partial charge in [-0.05, 0) is 24.6 Å². The smallest absolute Gasteiger partial charge is 0.330 e. The minimum Gasteiger partial charge on any atom is -0.486 e. The third kappa shape index (κ3) is 3.24. The Morgan fingerprint density at radius 1 is 1.35 bits per heavy atom. The number of imidazole rings is 1. The average molecular weight is 353 g/mol. The highest BCUT2D eigenvalue weighted by Crippen LogP contribution is 2.16. The molecule has 3 rings (SSSR count). The summed E-state index contributed by atoms with van der Waals surface area (Å²) in [5.41, 5.74) is 0.273. The van der Waals surface area contributed by atoms with Crippen molar-refractivity contribution in [2.45, 2.75) is 32.9 Å². The first kappa shape index (κ1) is 17.5. The highest BCUT2D eigenvalue weighted by Gasteiger charge is 2.16. The third-order valence-corrected chi connectivity index (χ3v) is 4.17. The number of ether oxygens (including phenoxy) is 1. The van der Waals surface area contributed by atoms with Crippen molar-refractivity contribution in [1.82, 2.24) is 19.1 Å². The Labute approximate surface area is 149 Å². The fraction of sp³-hybridized carbons (Fsp3) is 0.333. The molecule has 26 heavy (non-hydrogen) atoms. The van der Waals surface area contributed by atoms with Gasteiger partial charge < -0.3 is 9.30 Å². The lowest BCUT2D eigenvalue weighted by Gasteiger charge is -2.06. The quantitative estimate of drug-likeness (QED) is 0.726. The Morgan fingerprint density at radius 3 is 2.88 bits per heavy atom. The summed E-state index contributed by atoms with van der Waals surface area (Å²) in [6, 6.07) is 8.85. The largest absolute Gasteiger partial charge is 0.486 e. The molecule has 8 heteroatoms. The average Bonchev–Trinajstić information content (AvgIpc) is 2.97. The second kappa shape index (κ2) is 7.27. The molecule has 1 N–H and O–H groups in total. The molecule has 3 aromatic rings. The van der Waals surface area contributed by atoms with Crippen molar-refractivity contribution in [3.05, 3.63) is 56.5 Å². The molecular weight excluding hydrogens is 334 g/mol. The van der Waals surface area contributed by atoms with Gasteiger partial charge in [-0.2, -0.15) is 5.26 Å². The normalized spacial score (nSPS) is 10.8. The summed E-state index contributed by atoms with van der Waals surface area (Å²) >= 11 is 0. The van der Waals surface area contributed by atoms with Gasteiger partial charge in [0.05, 0.1) is 11.6 Å². The van der Waals surface area contributed by atoms with Crippen LogP contribution in [0.1, 0.15) is 31.2 Å². The fourth-order valence-corrected chi connectivity index (χ4v) is 2.75. The Bertz CT molecular complexity index is 1100. The molecular formula is C18H19N5O3. The van der Waals surface area contributed by atoms with Gasteiger partial charge in [-0.15, -0.1) is 0 Å². The molecule has 0 aliphatic heterocycles. The monoisotopic (exact) mass is 353 g/mol. The number of hydrogen-bond donors (Lipinski definition) is 1. The zero-order chi connectivity index (χ0) is 18.7. The highest BCUT2D eigenvalue weighted by molar-refractivity contribution is 5.70. The van der Waals surface area contributed by atoms with Crippen LogP contribution < -0.4 is 16.0 Å². The minimum atomic E-state index is -0.467. The maximum Gasteiger partial charge on any atom is 0.330 e. The van der Waals surface area contributed by atoms with E-state index in [9.17, 15) is 9.59 Å². The number of aromatic nitrogens is 4. The van der Waals surface area contributed by atoms with Crippen LogP contribution >= 0.6 is 0 Å². The fourth-order valence-electron chi connectivity index (χ4n) is 2.75. The molecule has 0 spiro atoms. The van der Waals surface area contributed by atoms with Crippen molar-refractivity contribution < 1.29 is 4.74 Å². The van der Waals surface area contributed by atoms with Crippen molar-refractivity contribution in [3.8, 4) is 11.8 Å². The molecule has 0 fully saturated rings. The third-order valence-electron chi connectivity index (χ3n) is 4.17. The number of aryl methyl sites for hydroxylation is 2. The van der Waals surface area contributed by atoms with Gasteiger partial charge in [-0.25, -0.2) is 9.78 Å². The van der Waals surface area contributed by atoms with Gasteiger partial charge in [0, 0.05) is 13.6 Å². The van der Waals surface area contributed by atoms with Gasteiger partial charge in [0.1, 0.15) is 18.2 Å². The van der Waals surface area contributed by atoms with E-state index in [1.807, 2.05) is 6.92 Å². The molecule has 0 unspecified atom stereocenters. The number of rotatable bonds is 6. The van der Waals surface area contributed by atoms with E-state index in [1.165, 1.54) is 4.57 Å². The van der Waals surface area contributed by atoms with E-state index in [0.717, 1.165) is 12.8 Å². The van der Waals surface area contributed by atoms with Crippen molar-refractivity contribution in [2.24, 2.45) is 7.05 Å². The zero-order valence-electron chi connectivity index (χ0n) is 14.7. The summed E-state index contributed by atoms with van der Waals surface area (Å²) in [6.07, 6.45) is 1.73. The molecule has 0 saturated heterocycles. The van der Waals surface area contributed by atoms with E-state index in [-0.39, 0.29) is 6.61 Å². The summed E-state index contributed by atoms with van der Waals surface area (Å²) in [5.74, 6) is 1.05. The van der Waals surface area contributed by atoms with E-state index in [1.54, 1.807) is 35.9 Å². The van der Waals surface area contributed by atoms with Gasteiger partial charge >= 0.3 is 5.69 Å².